The van der Waals surface area contributed by atoms with Crippen LogP contribution in [0.25, 0.3) is 0 Å². The van der Waals surface area contributed by atoms with Crippen LogP contribution < -0.4 is 10.6 Å². The molecule has 0 aliphatic rings. The molecule has 0 aliphatic carbocycles. The van der Waals surface area contributed by atoms with Gasteiger partial charge in [0.25, 0.3) is 5.91 Å². The first-order valence-corrected chi connectivity index (χ1v) is 7.28. The number of anilines is 2. The summed E-state index contributed by atoms with van der Waals surface area (Å²) in [5.41, 5.74) is 2.33. The summed E-state index contributed by atoms with van der Waals surface area (Å²) in [5, 5.41) is 14.8. The molecule has 0 fully saturated rings. The molecule has 2 N–H and O–H groups in total. The first-order chi connectivity index (χ1) is 11.7. The van der Waals surface area contributed by atoms with Gasteiger partial charge in [-0.2, -0.15) is 5.26 Å². The quantitative estimate of drug-likeness (QED) is 0.753. The second-order valence-electron chi connectivity index (χ2n) is 5.01. The first-order valence-electron chi connectivity index (χ1n) is 7.28. The van der Waals surface area contributed by atoms with Gasteiger partial charge in [0.1, 0.15) is 11.5 Å². The number of pyridine rings is 1. The molecule has 0 aliphatic heterocycles. The molecule has 0 radical (unpaired) electrons. The van der Waals surface area contributed by atoms with Crippen molar-refractivity contribution >= 4 is 17.3 Å². The number of rotatable bonds is 5. The number of aromatic nitrogens is 1. The summed E-state index contributed by atoms with van der Waals surface area (Å²) in [6.07, 6.45) is 3.11. The van der Waals surface area contributed by atoms with Gasteiger partial charge in [-0.3, -0.25) is 9.78 Å². The number of furan rings is 1. The van der Waals surface area contributed by atoms with E-state index in [2.05, 4.69) is 21.7 Å². The van der Waals surface area contributed by atoms with E-state index in [-0.39, 0.29) is 5.91 Å². The Kier molecular flexibility index (Phi) is 4.54. The van der Waals surface area contributed by atoms with E-state index in [0.29, 0.717) is 29.2 Å². The highest BCUT2D eigenvalue weighted by molar-refractivity contribution is 5.93. The lowest BCUT2D eigenvalue weighted by Crippen LogP contribution is -2.23. The highest BCUT2D eigenvalue weighted by Crippen LogP contribution is 2.17. The molecule has 6 heteroatoms. The third kappa shape index (κ3) is 3.78. The maximum Gasteiger partial charge on any atom is 0.270 e. The van der Waals surface area contributed by atoms with Gasteiger partial charge < -0.3 is 15.1 Å². The molecule has 118 valence electrons. The standard InChI is InChI=1S/C18H14N4O2/c19-11-13-3-1-4-14(9-13)22-15-6-7-20-17(10-15)18(23)21-12-16-5-2-8-24-16/h1-10H,12H2,(H,20,22)(H,21,23). The molecule has 0 spiro atoms. The van der Waals surface area contributed by atoms with Gasteiger partial charge >= 0.3 is 0 Å². The molecular formula is C18H14N4O2. The molecule has 6 nitrogen and oxygen atoms in total. The van der Waals surface area contributed by atoms with Gasteiger partial charge in [0.05, 0.1) is 24.4 Å². The highest BCUT2D eigenvalue weighted by atomic mass is 16.3. The van der Waals surface area contributed by atoms with Gasteiger partial charge in [0.15, 0.2) is 0 Å². The fourth-order valence-electron chi connectivity index (χ4n) is 2.14. The average Bonchev–Trinajstić information content (AvgIpc) is 3.13. The number of hydrogen-bond donors (Lipinski definition) is 2. The zero-order valence-corrected chi connectivity index (χ0v) is 12.7. The van der Waals surface area contributed by atoms with Crippen molar-refractivity contribution in [2.75, 3.05) is 5.32 Å². The number of carbonyl (C=O) groups excluding carboxylic acids is 1. The fraction of sp³-hybridized carbons (Fsp3) is 0.0556. The lowest BCUT2D eigenvalue weighted by molar-refractivity contribution is 0.0943. The van der Waals surface area contributed by atoms with E-state index in [1.165, 1.54) is 0 Å². The Bertz CT molecular complexity index is 882. The van der Waals surface area contributed by atoms with Gasteiger partial charge in [-0.05, 0) is 42.5 Å². The summed E-state index contributed by atoms with van der Waals surface area (Å²) in [6.45, 7) is 0.301. The Labute approximate surface area is 138 Å². The zero-order chi connectivity index (χ0) is 16.8. The minimum Gasteiger partial charge on any atom is -0.467 e. The van der Waals surface area contributed by atoms with Crippen molar-refractivity contribution in [3.8, 4) is 6.07 Å². The zero-order valence-electron chi connectivity index (χ0n) is 12.7. The molecule has 2 heterocycles. The predicted octanol–water partition coefficient (Wildman–Crippen LogP) is 3.22. The first kappa shape index (κ1) is 15.3. The van der Waals surface area contributed by atoms with Crippen LogP contribution in [-0.2, 0) is 6.54 Å². The van der Waals surface area contributed by atoms with Crippen molar-refractivity contribution in [2.45, 2.75) is 6.54 Å². The number of nitriles is 1. The van der Waals surface area contributed by atoms with Crippen molar-refractivity contribution in [3.05, 3.63) is 78.0 Å². The molecule has 24 heavy (non-hydrogen) atoms. The number of carbonyl (C=O) groups is 1. The van der Waals surface area contributed by atoms with Gasteiger partial charge in [0.2, 0.25) is 0 Å². The number of hydrogen-bond acceptors (Lipinski definition) is 5. The van der Waals surface area contributed by atoms with E-state index < -0.39 is 0 Å². The number of nitrogens with one attached hydrogen (secondary N) is 2. The van der Waals surface area contributed by atoms with Crippen LogP contribution in [0.15, 0.2) is 65.4 Å². The Morgan fingerprint density at radius 1 is 1.17 bits per heavy atom. The van der Waals surface area contributed by atoms with Crippen LogP contribution in [0.5, 0.6) is 0 Å². The Balaban J connectivity index is 1.69. The Hall–Kier alpha value is -3.59. The van der Waals surface area contributed by atoms with E-state index in [1.807, 2.05) is 6.07 Å². The normalized spacial score (nSPS) is 9.96. The van der Waals surface area contributed by atoms with E-state index in [0.717, 1.165) is 5.69 Å². The van der Waals surface area contributed by atoms with Crippen molar-refractivity contribution in [1.82, 2.24) is 10.3 Å². The van der Waals surface area contributed by atoms with E-state index in [1.54, 1.807) is 54.9 Å². The van der Waals surface area contributed by atoms with Crippen LogP contribution in [0.1, 0.15) is 21.8 Å². The molecule has 1 amide bonds. The van der Waals surface area contributed by atoms with E-state index >= 15 is 0 Å². The second kappa shape index (κ2) is 7.11. The lowest BCUT2D eigenvalue weighted by atomic mass is 10.2. The van der Waals surface area contributed by atoms with Crippen LogP contribution in [0, 0.1) is 11.3 Å². The van der Waals surface area contributed by atoms with Crippen molar-refractivity contribution in [1.29, 1.82) is 5.26 Å². The highest BCUT2D eigenvalue weighted by Gasteiger charge is 2.09. The molecule has 3 rings (SSSR count). The van der Waals surface area contributed by atoms with Crippen LogP contribution in [0.4, 0.5) is 11.4 Å². The van der Waals surface area contributed by atoms with Crippen molar-refractivity contribution in [2.24, 2.45) is 0 Å². The average molecular weight is 318 g/mol. The lowest BCUT2D eigenvalue weighted by Gasteiger charge is -2.08. The van der Waals surface area contributed by atoms with Gasteiger partial charge in [-0.1, -0.05) is 6.07 Å². The number of nitrogens with zero attached hydrogens (tertiary/aromatic N) is 2. The number of benzene rings is 1. The maximum atomic E-state index is 12.2. The van der Waals surface area contributed by atoms with Gasteiger partial charge in [0, 0.05) is 17.6 Å². The minimum atomic E-state index is -0.291. The Morgan fingerprint density at radius 3 is 2.83 bits per heavy atom. The predicted molar refractivity (Wildman–Crippen MR) is 88.6 cm³/mol. The molecule has 0 atom stereocenters. The molecule has 0 unspecified atom stereocenters. The third-order valence-electron chi connectivity index (χ3n) is 3.28. The molecule has 1 aromatic carbocycles. The molecule has 0 saturated carbocycles. The summed E-state index contributed by atoms with van der Waals surface area (Å²) in [5.74, 6) is 0.381. The summed E-state index contributed by atoms with van der Waals surface area (Å²) in [6, 6.07) is 16.1. The summed E-state index contributed by atoms with van der Waals surface area (Å²) in [4.78, 5) is 16.2. The molecule has 0 bridgehead atoms. The molecular weight excluding hydrogens is 304 g/mol. The van der Waals surface area contributed by atoms with Crippen molar-refractivity contribution < 1.29 is 9.21 Å². The monoisotopic (exact) mass is 318 g/mol. The fourth-order valence-corrected chi connectivity index (χ4v) is 2.14. The Morgan fingerprint density at radius 2 is 2.04 bits per heavy atom. The van der Waals surface area contributed by atoms with Gasteiger partial charge in [-0.15, -0.1) is 0 Å². The van der Waals surface area contributed by atoms with E-state index in [9.17, 15) is 4.79 Å². The maximum absolute atomic E-state index is 12.2. The van der Waals surface area contributed by atoms with Crippen LogP contribution in [0.2, 0.25) is 0 Å². The largest absolute Gasteiger partial charge is 0.467 e. The third-order valence-corrected chi connectivity index (χ3v) is 3.28. The SMILES string of the molecule is N#Cc1cccc(Nc2ccnc(C(=O)NCc3ccco3)c2)c1. The summed E-state index contributed by atoms with van der Waals surface area (Å²) >= 11 is 0. The summed E-state index contributed by atoms with van der Waals surface area (Å²) < 4.78 is 5.17. The number of amides is 1. The van der Waals surface area contributed by atoms with Crippen LogP contribution in [-0.4, -0.2) is 10.9 Å². The van der Waals surface area contributed by atoms with Crippen LogP contribution in [0.3, 0.4) is 0 Å². The van der Waals surface area contributed by atoms with Gasteiger partial charge in [-0.25, -0.2) is 0 Å². The molecule has 0 saturated heterocycles. The van der Waals surface area contributed by atoms with Crippen LogP contribution >= 0.6 is 0 Å². The molecule has 2 aromatic heterocycles. The van der Waals surface area contributed by atoms with E-state index in [4.69, 9.17) is 9.68 Å². The topological polar surface area (TPSA) is 91.0 Å². The summed E-state index contributed by atoms with van der Waals surface area (Å²) in [7, 11) is 0. The second-order valence-corrected chi connectivity index (χ2v) is 5.01. The minimum absolute atomic E-state index is 0.291. The smallest absolute Gasteiger partial charge is 0.270 e. The van der Waals surface area contributed by atoms with Crippen molar-refractivity contribution in [3.63, 3.8) is 0 Å². The molecule has 3 aromatic rings.